The van der Waals surface area contributed by atoms with Gasteiger partial charge in [0, 0.05) is 13.0 Å². The summed E-state index contributed by atoms with van der Waals surface area (Å²) in [6.07, 6.45) is 3.84. The molecule has 0 aromatic carbocycles. The molecule has 1 aromatic rings. The fraction of sp³-hybridized carbons (Fsp3) is 0.833. The SMILES string of the molecule is CCCC(OC)c1noc(C(C)CCCN)n1. The van der Waals surface area contributed by atoms with Crippen molar-refractivity contribution in [3.63, 3.8) is 0 Å². The second kappa shape index (κ2) is 7.40. The van der Waals surface area contributed by atoms with Gasteiger partial charge in [-0.15, -0.1) is 0 Å². The molecule has 1 aromatic heterocycles. The predicted molar refractivity (Wildman–Crippen MR) is 65.7 cm³/mol. The molecule has 0 bridgehead atoms. The van der Waals surface area contributed by atoms with Crippen molar-refractivity contribution in [3.8, 4) is 0 Å². The van der Waals surface area contributed by atoms with Crippen LogP contribution in [-0.4, -0.2) is 23.8 Å². The summed E-state index contributed by atoms with van der Waals surface area (Å²) < 4.78 is 10.6. The summed E-state index contributed by atoms with van der Waals surface area (Å²) in [6, 6.07) is 0. The highest BCUT2D eigenvalue weighted by Crippen LogP contribution is 2.23. The van der Waals surface area contributed by atoms with Crippen LogP contribution in [0.3, 0.4) is 0 Å². The molecule has 1 heterocycles. The van der Waals surface area contributed by atoms with E-state index < -0.39 is 0 Å². The topological polar surface area (TPSA) is 74.2 Å². The average Bonchev–Trinajstić information content (AvgIpc) is 2.82. The molecule has 0 saturated heterocycles. The quantitative estimate of drug-likeness (QED) is 0.756. The Labute approximate surface area is 103 Å². The number of ether oxygens (including phenoxy) is 1. The minimum Gasteiger partial charge on any atom is -0.373 e. The van der Waals surface area contributed by atoms with Crippen molar-refractivity contribution in [2.24, 2.45) is 5.73 Å². The van der Waals surface area contributed by atoms with Crippen LogP contribution >= 0.6 is 0 Å². The van der Waals surface area contributed by atoms with E-state index in [4.69, 9.17) is 15.0 Å². The van der Waals surface area contributed by atoms with E-state index in [9.17, 15) is 0 Å². The summed E-state index contributed by atoms with van der Waals surface area (Å²) in [6.45, 7) is 4.88. The van der Waals surface area contributed by atoms with Crippen molar-refractivity contribution in [3.05, 3.63) is 11.7 Å². The van der Waals surface area contributed by atoms with E-state index in [1.165, 1.54) is 0 Å². The van der Waals surface area contributed by atoms with Crippen molar-refractivity contribution in [1.82, 2.24) is 10.1 Å². The number of rotatable bonds is 8. The molecule has 17 heavy (non-hydrogen) atoms. The van der Waals surface area contributed by atoms with Crippen LogP contribution in [0.15, 0.2) is 4.52 Å². The first-order valence-electron chi connectivity index (χ1n) is 6.29. The highest BCUT2D eigenvalue weighted by Gasteiger charge is 2.19. The molecular weight excluding hydrogens is 218 g/mol. The van der Waals surface area contributed by atoms with Gasteiger partial charge in [-0.3, -0.25) is 0 Å². The van der Waals surface area contributed by atoms with Gasteiger partial charge in [0.2, 0.25) is 11.7 Å². The minimum atomic E-state index is -0.0563. The maximum atomic E-state index is 5.48. The zero-order chi connectivity index (χ0) is 12.7. The lowest BCUT2D eigenvalue weighted by atomic mass is 10.1. The van der Waals surface area contributed by atoms with Gasteiger partial charge in [0.1, 0.15) is 6.10 Å². The van der Waals surface area contributed by atoms with Crippen molar-refractivity contribution in [1.29, 1.82) is 0 Å². The Hall–Kier alpha value is -0.940. The Bertz CT molecular complexity index is 314. The molecule has 5 nitrogen and oxygen atoms in total. The molecule has 0 aliphatic rings. The second-order valence-corrected chi connectivity index (χ2v) is 4.34. The van der Waals surface area contributed by atoms with E-state index in [1.54, 1.807) is 7.11 Å². The molecule has 0 radical (unpaired) electrons. The van der Waals surface area contributed by atoms with Crippen LogP contribution in [0.25, 0.3) is 0 Å². The van der Waals surface area contributed by atoms with E-state index in [2.05, 4.69) is 24.0 Å². The van der Waals surface area contributed by atoms with Crippen molar-refractivity contribution >= 4 is 0 Å². The van der Waals surface area contributed by atoms with Gasteiger partial charge >= 0.3 is 0 Å². The van der Waals surface area contributed by atoms with E-state index in [0.29, 0.717) is 18.3 Å². The van der Waals surface area contributed by atoms with Gasteiger partial charge in [0.15, 0.2) is 0 Å². The molecule has 2 atom stereocenters. The van der Waals surface area contributed by atoms with Crippen LogP contribution in [0.2, 0.25) is 0 Å². The Balaban J connectivity index is 2.62. The molecule has 0 fully saturated rings. The molecule has 0 amide bonds. The third kappa shape index (κ3) is 4.09. The molecule has 2 N–H and O–H groups in total. The first-order valence-corrected chi connectivity index (χ1v) is 6.29. The maximum Gasteiger partial charge on any atom is 0.229 e. The number of nitrogens with two attached hydrogens (primary N) is 1. The summed E-state index contributed by atoms with van der Waals surface area (Å²) in [5.41, 5.74) is 5.48. The van der Waals surface area contributed by atoms with E-state index in [0.717, 1.165) is 25.7 Å². The molecule has 2 unspecified atom stereocenters. The molecule has 0 spiro atoms. The van der Waals surface area contributed by atoms with Gasteiger partial charge in [-0.05, 0) is 25.8 Å². The first-order chi connectivity index (χ1) is 8.22. The number of hydrogen-bond acceptors (Lipinski definition) is 5. The van der Waals surface area contributed by atoms with Crippen LogP contribution in [0.5, 0.6) is 0 Å². The zero-order valence-electron chi connectivity index (χ0n) is 11.0. The highest BCUT2D eigenvalue weighted by atomic mass is 16.5. The molecule has 0 saturated carbocycles. The first kappa shape index (κ1) is 14.1. The molecule has 1 rings (SSSR count). The van der Waals surface area contributed by atoms with Crippen LogP contribution in [0.1, 0.15) is 63.3 Å². The lowest BCUT2D eigenvalue weighted by Gasteiger charge is -2.08. The number of methoxy groups -OCH3 is 1. The van der Waals surface area contributed by atoms with Gasteiger partial charge in [-0.2, -0.15) is 4.98 Å². The van der Waals surface area contributed by atoms with Crippen molar-refractivity contribution in [2.75, 3.05) is 13.7 Å². The summed E-state index contributed by atoms with van der Waals surface area (Å²) in [5.74, 6) is 1.61. The Morgan fingerprint density at radius 2 is 2.18 bits per heavy atom. The molecular formula is C12H23N3O2. The van der Waals surface area contributed by atoms with Gasteiger partial charge in [0.05, 0.1) is 0 Å². The second-order valence-electron chi connectivity index (χ2n) is 4.34. The predicted octanol–water partition coefficient (Wildman–Crippen LogP) is 2.40. The van der Waals surface area contributed by atoms with Crippen LogP contribution in [-0.2, 0) is 4.74 Å². The zero-order valence-corrected chi connectivity index (χ0v) is 11.0. The third-order valence-electron chi connectivity index (χ3n) is 2.84. The normalized spacial score (nSPS) is 14.8. The monoisotopic (exact) mass is 241 g/mol. The number of hydrogen-bond donors (Lipinski definition) is 1. The number of aromatic nitrogens is 2. The smallest absolute Gasteiger partial charge is 0.229 e. The summed E-state index contributed by atoms with van der Waals surface area (Å²) in [4.78, 5) is 4.41. The van der Waals surface area contributed by atoms with Crippen molar-refractivity contribution in [2.45, 2.75) is 51.6 Å². The summed E-state index contributed by atoms with van der Waals surface area (Å²) in [5, 5.41) is 3.99. The lowest BCUT2D eigenvalue weighted by Crippen LogP contribution is -2.04. The summed E-state index contributed by atoms with van der Waals surface area (Å²) in [7, 11) is 1.67. The molecule has 0 aliphatic carbocycles. The van der Waals surface area contributed by atoms with Gasteiger partial charge in [-0.25, -0.2) is 0 Å². The maximum absolute atomic E-state index is 5.48. The largest absolute Gasteiger partial charge is 0.373 e. The standard InChI is InChI=1S/C12H23N3O2/c1-4-6-10(16-3)11-14-12(17-15-11)9(2)7-5-8-13/h9-10H,4-8,13H2,1-3H3. The highest BCUT2D eigenvalue weighted by molar-refractivity contribution is 4.95. The molecule has 98 valence electrons. The van der Waals surface area contributed by atoms with Crippen LogP contribution in [0.4, 0.5) is 0 Å². The third-order valence-corrected chi connectivity index (χ3v) is 2.84. The molecule has 0 aliphatic heterocycles. The number of nitrogens with zero attached hydrogens (tertiary/aromatic N) is 2. The lowest BCUT2D eigenvalue weighted by molar-refractivity contribution is 0.0854. The van der Waals surface area contributed by atoms with Gasteiger partial charge < -0.3 is 15.0 Å². The summed E-state index contributed by atoms with van der Waals surface area (Å²) >= 11 is 0. The van der Waals surface area contributed by atoms with E-state index >= 15 is 0 Å². The van der Waals surface area contributed by atoms with Gasteiger partial charge in [0.25, 0.3) is 0 Å². The van der Waals surface area contributed by atoms with E-state index in [1.807, 2.05) is 0 Å². The van der Waals surface area contributed by atoms with Crippen LogP contribution < -0.4 is 5.73 Å². The van der Waals surface area contributed by atoms with Crippen LogP contribution in [0, 0.1) is 0 Å². The Morgan fingerprint density at radius 3 is 2.76 bits per heavy atom. The Kier molecular flexibility index (Phi) is 6.15. The fourth-order valence-electron chi connectivity index (χ4n) is 1.74. The molecule has 5 heteroatoms. The average molecular weight is 241 g/mol. The van der Waals surface area contributed by atoms with E-state index in [-0.39, 0.29) is 12.0 Å². The van der Waals surface area contributed by atoms with Gasteiger partial charge in [-0.1, -0.05) is 25.4 Å². The Morgan fingerprint density at radius 1 is 1.41 bits per heavy atom. The van der Waals surface area contributed by atoms with Crippen molar-refractivity contribution < 1.29 is 9.26 Å². The fourth-order valence-corrected chi connectivity index (χ4v) is 1.74. The minimum absolute atomic E-state index is 0.0563.